The van der Waals surface area contributed by atoms with E-state index in [-0.39, 0.29) is 18.5 Å². The Labute approximate surface area is 520 Å². The first-order chi connectivity index (χ1) is 41.0. The van der Waals surface area contributed by atoms with Crippen LogP contribution in [0.1, 0.15) is 444 Å². The van der Waals surface area contributed by atoms with Gasteiger partial charge in [-0.1, -0.05) is 392 Å². The number of carbonyl (C=O) groups is 2. The third kappa shape index (κ3) is 69.6. The third-order valence-corrected chi connectivity index (χ3v) is 18.3. The van der Waals surface area contributed by atoms with Gasteiger partial charge in [0.15, 0.2) is 0 Å². The van der Waals surface area contributed by atoms with Gasteiger partial charge in [-0.2, -0.15) is 0 Å². The van der Waals surface area contributed by atoms with Gasteiger partial charge in [-0.05, 0) is 51.4 Å². The summed E-state index contributed by atoms with van der Waals surface area (Å²) in [5.74, 6) is -0.00752. The first kappa shape index (κ1) is 81.6. The maximum atomic E-state index is 12.6. The number of unbranched alkanes of at least 4 members (excludes halogenated alkanes) is 60. The van der Waals surface area contributed by atoms with Crippen LogP contribution < -0.4 is 5.32 Å². The van der Waals surface area contributed by atoms with Crippen molar-refractivity contribution in [2.45, 2.75) is 456 Å². The normalized spacial score (nSPS) is 12.5. The zero-order valence-corrected chi connectivity index (χ0v) is 56.7. The maximum Gasteiger partial charge on any atom is 0.305 e. The minimum Gasteiger partial charge on any atom is -0.466 e. The number of hydrogen-bond donors (Lipinski definition) is 3. The number of carbonyl (C=O) groups excluding carboxylic acids is 2. The van der Waals surface area contributed by atoms with E-state index in [1.165, 1.54) is 372 Å². The molecule has 0 radical (unpaired) electrons. The summed E-state index contributed by atoms with van der Waals surface area (Å²) in [6.07, 6.45) is 91.5. The molecule has 0 spiro atoms. The Morgan fingerprint density at radius 3 is 0.855 bits per heavy atom. The molecule has 0 aliphatic heterocycles. The van der Waals surface area contributed by atoms with E-state index < -0.39 is 12.1 Å². The average molecular weight is 1170 g/mol. The van der Waals surface area contributed by atoms with Gasteiger partial charge in [0.25, 0.3) is 0 Å². The lowest BCUT2D eigenvalue weighted by Crippen LogP contribution is -2.45. The summed E-state index contributed by atoms with van der Waals surface area (Å²) < 4.78 is 5.49. The standard InChI is InChI=1S/C77H151NO5/c1-3-5-7-9-11-13-15-17-18-19-20-21-31-34-37-40-43-46-49-53-57-61-65-69-75(80)74(73-79)78-76(81)70-66-62-58-54-50-47-44-41-38-35-32-29-27-25-23-22-24-26-28-30-33-36-39-42-45-48-52-56-60-64-68-72-83-77(82)71-67-63-59-55-51-16-14-12-10-8-6-4-2/h24,26,74-75,79-80H,3-23,25,27-73H2,1-2H3,(H,78,81)/b26-24-. The van der Waals surface area contributed by atoms with Crippen molar-refractivity contribution in [1.29, 1.82) is 0 Å². The molecule has 3 N–H and O–H groups in total. The van der Waals surface area contributed by atoms with E-state index in [1.54, 1.807) is 0 Å². The molecule has 6 heteroatoms. The smallest absolute Gasteiger partial charge is 0.305 e. The van der Waals surface area contributed by atoms with Gasteiger partial charge in [0.05, 0.1) is 25.4 Å². The molecule has 0 fully saturated rings. The predicted octanol–water partition coefficient (Wildman–Crippen LogP) is 25.1. The number of nitrogens with one attached hydrogen (secondary N) is 1. The Bertz CT molecular complexity index is 1260. The number of aliphatic hydroxyl groups is 2. The van der Waals surface area contributed by atoms with Crippen LogP contribution in [0.4, 0.5) is 0 Å². The fraction of sp³-hybridized carbons (Fsp3) is 0.948. The molecule has 0 aromatic carbocycles. The van der Waals surface area contributed by atoms with Crippen molar-refractivity contribution >= 4 is 11.9 Å². The summed E-state index contributed by atoms with van der Waals surface area (Å²) >= 11 is 0. The second-order valence-corrected chi connectivity index (χ2v) is 26.7. The van der Waals surface area contributed by atoms with E-state index in [0.717, 1.165) is 38.5 Å². The van der Waals surface area contributed by atoms with Gasteiger partial charge in [-0.3, -0.25) is 9.59 Å². The van der Waals surface area contributed by atoms with E-state index in [4.69, 9.17) is 4.74 Å². The number of hydrogen-bond acceptors (Lipinski definition) is 5. The molecule has 1 amide bonds. The molecular weight excluding hydrogens is 1020 g/mol. The first-order valence-electron chi connectivity index (χ1n) is 38.4. The fourth-order valence-electron chi connectivity index (χ4n) is 12.5. The zero-order chi connectivity index (χ0) is 59.9. The molecule has 6 nitrogen and oxygen atoms in total. The van der Waals surface area contributed by atoms with Gasteiger partial charge in [-0.15, -0.1) is 0 Å². The van der Waals surface area contributed by atoms with Gasteiger partial charge in [0, 0.05) is 12.8 Å². The molecule has 0 aliphatic rings. The molecule has 2 unspecified atom stereocenters. The molecular formula is C77H151NO5. The van der Waals surface area contributed by atoms with Crippen molar-refractivity contribution in [1.82, 2.24) is 5.32 Å². The minimum atomic E-state index is -0.664. The summed E-state index contributed by atoms with van der Waals surface area (Å²) in [5, 5.41) is 23.5. The Morgan fingerprint density at radius 1 is 0.325 bits per heavy atom. The van der Waals surface area contributed by atoms with Crippen LogP contribution in [0.3, 0.4) is 0 Å². The molecule has 0 aliphatic carbocycles. The van der Waals surface area contributed by atoms with Crippen molar-refractivity contribution in [3.63, 3.8) is 0 Å². The molecule has 0 rings (SSSR count). The van der Waals surface area contributed by atoms with Crippen LogP contribution in [-0.2, 0) is 14.3 Å². The quantitative estimate of drug-likeness (QED) is 0.0320. The van der Waals surface area contributed by atoms with Crippen molar-refractivity contribution < 1.29 is 24.5 Å². The van der Waals surface area contributed by atoms with Gasteiger partial charge in [0.2, 0.25) is 5.91 Å². The highest BCUT2D eigenvalue weighted by Crippen LogP contribution is 2.20. The van der Waals surface area contributed by atoms with Crippen molar-refractivity contribution in [3.05, 3.63) is 12.2 Å². The van der Waals surface area contributed by atoms with Gasteiger partial charge < -0.3 is 20.3 Å². The number of amides is 1. The third-order valence-electron chi connectivity index (χ3n) is 18.3. The lowest BCUT2D eigenvalue weighted by atomic mass is 10.0. The van der Waals surface area contributed by atoms with Gasteiger partial charge >= 0.3 is 5.97 Å². The van der Waals surface area contributed by atoms with E-state index in [2.05, 4.69) is 31.3 Å². The number of rotatable bonds is 73. The fourth-order valence-corrected chi connectivity index (χ4v) is 12.5. The lowest BCUT2D eigenvalue weighted by molar-refractivity contribution is -0.143. The van der Waals surface area contributed by atoms with E-state index in [1.807, 2.05) is 0 Å². The first-order valence-corrected chi connectivity index (χ1v) is 38.4. The molecule has 494 valence electrons. The van der Waals surface area contributed by atoms with Crippen LogP contribution in [0.2, 0.25) is 0 Å². The zero-order valence-electron chi connectivity index (χ0n) is 56.7. The molecule has 0 heterocycles. The Hall–Kier alpha value is -1.40. The topological polar surface area (TPSA) is 95.9 Å². The van der Waals surface area contributed by atoms with Crippen LogP contribution in [0.15, 0.2) is 12.2 Å². The van der Waals surface area contributed by atoms with Crippen molar-refractivity contribution in [2.75, 3.05) is 13.2 Å². The second-order valence-electron chi connectivity index (χ2n) is 26.7. The lowest BCUT2D eigenvalue weighted by Gasteiger charge is -2.22. The van der Waals surface area contributed by atoms with Crippen molar-refractivity contribution in [3.8, 4) is 0 Å². The molecule has 83 heavy (non-hydrogen) atoms. The summed E-state index contributed by atoms with van der Waals surface area (Å²) in [4.78, 5) is 24.6. The van der Waals surface area contributed by atoms with Gasteiger partial charge in [0.1, 0.15) is 0 Å². The summed E-state index contributed by atoms with van der Waals surface area (Å²) in [7, 11) is 0. The molecule has 0 bridgehead atoms. The molecule has 0 aromatic rings. The largest absolute Gasteiger partial charge is 0.466 e. The molecule has 0 saturated heterocycles. The Balaban J connectivity index is 3.36. The molecule has 0 aromatic heterocycles. The highest BCUT2D eigenvalue weighted by atomic mass is 16.5. The number of esters is 1. The van der Waals surface area contributed by atoms with Crippen LogP contribution in [-0.4, -0.2) is 47.4 Å². The highest BCUT2D eigenvalue weighted by Gasteiger charge is 2.20. The monoisotopic (exact) mass is 1170 g/mol. The Morgan fingerprint density at radius 2 is 0.566 bits per heavy atom. The summed E-state index contributed by atoms with van der Waals surface area (Å²) in [5.41, 5.74) is 0. The minimum absolute atomic E-state index is 0.0195. The molecule has 2 atom stereocenters. The average Bonchev–Trinajstić information content (AvgIpc) is 3.49. The van der Waals surface area contributed by atoms with E-state index in [9.17, 15) is 19.8 Å². The second kappa shape index (κ2) is 73.1. The number of aliphatic hydroxyl groups excluding tert-OH is 2. The molecule has 0 saturated carbocycles. The van der Waals surface area contributed by atoms with Gasteiger partial charge in [-0.25, -0.2) is 0 Å². The summed E-state index contributed by atoms with van der Waals surface area (Å²) in [6.45, 7) is 5.00. The van der Waals surface area contributed by atoms with Crippen LogP contribution >= 0.6 is 0 Å². The van der Waals surface area contributed by atoms with Crippen LogP contribution in [0.5, 0.6) is 0 Å². The Kier molecular flexibility index (Phi) is 71.8. The predicted molar refractivity (Wildman–Crippen MR) is 366 cm³/mol. The highest BCUT2D eigenvalue weighted by molar-refractivity contribution is 5.76. The summed E-state index contributed by atoms with van der Waals surface area (Å²) in [6, 6.07) is -0.540. The number of ether oxygens (including phenoxy) is 1. The maximum absolute atomic E-state index is 12.6. The van der Waals surface area contributed by atoms with E-state index >= 15 is 0 Å². The SMILES string of the molecule is CCCCCCCCCCCCCCCCCCCCCCCCCC(O)C(CO)NC(=O)CCCCCCCCCCCCCCCCC/C=C\CCCCCCCCCCCCCCOC(=O)CCCCCCCCCCCCCC. The number of allylic oxidation sites excluding steroid dienone is 2. The van der Waals surface area contributed by atoms with Crippen LogP contribution in [0.25, 0.3) is 0 Å². The van der Waals surface area contributed by atoms with Crippen LogP contribution in [0, 0.1) is 0 Å². The van der Waals surface area contributed by atoms with Crippen molar-refractivity contribution in [2.24, 2.45) is 0 Å². The van der Waals surface area contributed by atoms with E-state index in [0.29, 0.717) is 25.9 Å².